The molecule has 2 aromatic rings. The Labute approximate surface area is 193 Å². The zero-order valence-electron chi connectivity index (χ0n) is 17.1. The molecule has 0 atom stereocenters. The largest absolute Gasteiger partial charge is 0.456 e. The predicted octanol–water partition coefficient (Wildman–Crippen LogP) is 4.90. The van der Waals surface area contributed by atoms with Crippen LogP contribution in [-0.2, 0) is 19.1 Å². The van der Waals surface area contributed by atoms with Gasteiger partial charge < -0.3 is 15.4 Å². The Hall–Kier alpha value is -2.71. The van der Waals surface area contributed by atoms with Crippen LogP contribution >= 0.6 is 27.5 Å². The van der Waals surface area contributed by atoms with E-state index in [1.54, 1.807) is 43.3 Å². The number of anilines is 2. The standard InChI is InChI=1S/C22H22BrClN2O5/c1-13-18(11-10-17(23)22(13)24)26-20(29)12-31-21(30)5-3-4-19(28)25-16-8-6-15(7-9-16)14(2)27/h6-11H,3-5,12H2,1-2H3,(H,25,28)(H,26,29). The van der Waals surface area contributed by atoms with E-state index in [0.29, 0.717) is 32.0 Å². The average Bonchev–Trinajstić information content (AvgIpc) is 2.73. The molecule has 9 heteroatoms. The fraction of sp³-hybridized carbons (Fsp3) is 0.273. The number of hydrogen-bond donors (Lipinski definition) is 2. The maximum absolute atomic E-state index is 12.0. The lowest BCUT2D eigenvalue weighted by atomic mass is 10.1. The van der Waals surface area contributed by atoms with Gasteiger partial charge in [0.25, 0.3) is 5.91 Å². The van der Waals surface area contributed by atoms with Gasteiger partial charge in [-0.1, -0.05) is 11.6 Å². The summed E-state index contributed by atoms with van der Waals surface area (Å²) >= 11 is 9.42. The summed E-state index contributed by atoms with van der Waals surface area (Å²) in [4.78, 5) is 47.0. The molecule has 0 unspecified atom stereocenters. The SMILES string of the molecule is CC(=O)c1ccc(NC(=O)CCCC(=O)OCC(=O)Nc2ccc(Br)c(Cl)c2C)cc1. The monoisotopic (exact) mass is 508 g/mol. The van der Waals surface area contributed by atoms with Crippen molar-refractivity contribution in [3.8, 4) is 0 Å². The first-order valence-corrected chi connectivity index (χ1v) is 10.7. The minimum Gasteiger partial charge on any atom is -0.456 e. The topological polar surface area (TPSA) is 102 Å². The second kappa shape index (κ2) is 11.6. The number of nitrogens with one attached hydrogen (secondary N) is 2. The number of amides is 2. The van der Waals surface area contributed by atoms with E-state index >= 15 is 0 Å². The summed E-state index contributed by atoms with van der Waals surface area (Å²) in [5.41, 5.74) is 2.35. The first kappa shape index (κ1) is 24.6. The lowest BCUT2D eigenvalue weighted by molar-refractivity contribution is -0.147. The average molecular weight is 510 g/mol. The smallest absolute Gasteiger partial charge is 0.306 e. The third-order valence-corrected chi connectivity index (χ3v) is 5.71. The maximum Gasteiger partial charge on any atom is 0.306 e. The molecule has 0 aliphatic rings. The summed E-state index contributed by atoms with van der Waals surface area (Å²) in [6.07, 6.45) is 0.401. The molecule has 7 nitrogen and oxygen atoms in total. The van der Waals surface area contributed by atoms with Crippen LogP contribution in [0, 0.1) is 6.92 Å². The second-order valence-corrected chi connectivity index (χ2v) is 8.01. The van der Waals surface area contributed by atoms with E-state index in [0.717, 1.165) is 0 Å². The van der Waals surface area contributed by atoms with E-state index in [9.17, 15) is 19.2 Å². The van der Waals surface area contributed by atoms with Gasteiger partial charge in [-0.3, -0.25) is 19.2 Å². The molecule has 31 heavy (non-hydrogen) atoms. The molecule has 0 saturated carbocycles. The van der Waals surface area contributed by atoms with Gasteiger partial charge in [0.15, 0.2) is 12.4 Å². The third-order valence-electron chi connectivity index (χ3n) is 4.34. The number of ether oxygens (including phenoxy) is 1. The van der Waals surface area contributed by atoms with Crippen molar-refractivity contribution in [2.45, 2.75) is 33.1 Å². The molecule has 2 rings (SSSR count). The molecule has 0 aliphatic carbocycles. The molecular weight excluding hydrogens is 488 g/mol. The van der Waals surface area contributed by atoms with Crippen LogP contribution in [0.4, 0.5) is 11.4 Å². The highest BCUT2D eigenvalue weighted by Crippen LogP contribution is 2.30. The summed E-state index contributed by atoms with van der Waals surface area (Å²) in [5.74, 6) is -1.37. The third kappa shape index (κ3) is 7.80. The van der Waals surface area contributed by atoms with Crippen LogP contribution in [0.5, 0.6) is 0 Å². The fourth-order valence-electron chi connectivity index (χ4n) is 2.60. The van der Waals surface area contributed by atoms with Crippen molar-refractivity contribution in [3.63, 3.8) is 0 Å². The zero-order valence-corrected chi connectivity index (χ0v) is 19.4. The van der Waals surface area contributed by atoms with Crippen LogP contribution in [0.15, 0.2) is 40.9 Å². The number of carbonyl (C=O) groups excluding carboxylic acids is 4. The van der Waals surface area contributed by atoms with Gasteiger partial charge in [0.1, 0.15) is 0 Å². The minimum absolute atomic E-state index is 0.00706. The normalized spacial score (nSPS) is 10.3. The molecule has 164 valence electrons. The number of carbonyl (C=O) groups is 4. The van der Waals surface area contributed by atoms with Gasteiger partial charge in [0, 0.05) is 34.3 Å². The zero-order chi connectivity index (χ0) is 23.0. The molecule has 2 amide bonds. The highest BCUT2D eigenvalue weighted by molar-refractivity contribution is 9.10. The van der Waals surface area contributed by atoms with Crippen molar-refractivity contribution < 1.29 is 23.9 Å². The van der Waals surface area contributed by atoms with E-state index in [1.165, 1.54) is 6.92 Å². The van der Waals surface area contributed by atoms with Crippen LogP contribution in [-0.4, -0.2) is 30.2 Å². The summed E-state index contributed by atoms with van der Waals surface area (Å²) in [6.45, 7) is 2.80. The molecule has 0 spiro atoms. The number of rotatable bonds is 9. The van der Waals surface area contributed by atoms with E-state index in [-0.39, 0.29) is 31.0 Å². The number of hydrogen-bond acceptors (Lipinski definition) is 5. The van der Waals surface area contributed by atoms with E-state index < -0.39 is 18.5 Å². The fourth-order valence-corrected chi connectivity index (χ4v) is 3.19. The van der Waals surface area contributed by atoms with Gasteiger partial charge in [-0.25, -0.2) is 0 Å². The Morgan fingerprint density at radius 2 is 1.65 bits per heavy atom. The quantitative estimate of drug-likeness (QED) is 0.370. The lowest BCUT2D eigenvalue weighted by Crippen LogP contribution is -2.21. The Morgan fingerprint density at radius 1 is 0.968 bits per heavy atom. The van der Waals surface area contributed by atoms with Crippen molar-refractivity contribution >= 4 is 62.5 Å². The van der Waals surface area contributed by atoms with Crippen LogP contribution in [0.25, 0.3) is 0 Å². The van der Waals surface area contributed by atoms with E-state index in [1.807, 2.05) is 0 Å². The highest BCUT2D eigenvalue weighted by atomic mass is 79.9. The van der Waals surface area contributed by atoms with Crippen LogP contribution in [0.3, 0.4) is 0 Å². The van der Waals surface area contributed by atoms with Crippen molar-refractivity contribution in [1.82, 2.24) is 0 Å². The predicted molar refractivity (Wildman–Crippen MR) is 122 cm³/mol. The van der Waals surface area contributed by atoms with Crippen molar-refractivity contribution in [2.24, 2.45) is 0 Å². The second-order valence-electron chi connectivity index (χ2n) is 6.78. The molecule has 0 radical (unpaired) electrons. The summed E-state index contributed by atoms with van der Waals surface area (Å²) in [7, 11) is 0. The van der Waals surface area contributed by atoms with Crippen molar-refractivity contribution in [2.75, 3.05) is 17.2 Å². The Kier molecular flexibility index (Phi) is 9.21. The van der Waals surface area contributed by atoms with Gasteiger partial charge >= 0.3 is 5.97 Å². The first-order chi connectivity index (χ1) is 14.7. The molecule has 0 fully saturated rings. The lowest BCUT2D eigenvalue weighted by Gasteiger charge is -2.11. The Balaban J connectivity index is 1.68. The summed E-state index contributed by atoms with van der Waals surface area (Å²) in [5, 5.41) is 5.82. The summed E-state index contributed by atoms with van der Waals surface area (Å²) < 4.78 is 5.66. The molecule has 0 bridgehead atoms. The van der Waals surface area contributed by atoms with E-state index in [4.69, 9.17) is 16.3 Å². The van der Waals surface area contributed by atoms with E-state index in [2.05, 4.69) is 26.6 Å². The van der Waals surface area contributed by atoms with Gasteiger partial charge in [0.2, 0.25) is 5.91 Å². The van der Waals surface area contributed by atoms with Crippen LogP contribution in [0.1, 0.15) is 42.1 Å². The molecule has 2 aromatic carbocycles. The van der Waals surface area contributed by atoms with Crippen molar-refractivity contribution in [1.29, 1.82) is 0 Å². The van der Waals surface area contributed by atoms with Gasteiger partial charge in [-0.2, -0.15) is 0 Å². The van der Waals surface area contributed by atoms with Crippen LogP contribution in [0.2, 0.25) is 5.02 Å². The number of Topliss-reactive ketones (excluding diaryl/α,β-unsaturated/α-hetero) is 1. The number of halogens is 2. The first-order valence-electron chi connectivity index (χ1n) is 9.48. The number of benzene rings is 2. The van der Waals surface area contributed by atoms with Gasteiger partial charge in [-0.15, -0.1) is 0 Å². The van der Waals surface area contributed by atoms with Gasteiger partial charge in [0.05, 0.1) is 5.02 Å². The maximum atomic E-state index is 12.0. The Bertz CT molecular complexity index is 992. The molecule has 0 saturated heterocycles. The minimum atomic E-state index is -0.570. The molecular formula is C22H22BrClN2O5. The molecule has 0 aliphatic heterocycles. The number of ketones is 1. The summed E-state index contributed by atoms with van der Waals surface area (Å²) in [6, 6.07) is 9.94. The van der Waals surface area contributed by atoms with Crippen LogP contribution < -0.4 is 10.6 Å². The molecule has 0 heterocycles. The number of esters is 1. The molecule has 2 N–H and O–H groups in total. The van der Waals surface area contributed by atoms with Crippen molar-refractivity contribution in [3.05, 3.63) is 57.0 Å². The Morgan fingerprint density at radius 3 is 2.29 bits per heavy atom. The van der Waals surface area contributed by atoms with Gasteiger partial charge in [-0.05, 0) is 78.2 Å². The highest BCUT2D eigenvalue weighted by Gasteiger charge is 2.12. The molecule has 0 aromatic heterocycles.